The van der Waals surface area contributed by atoms with Gasteiger partial charge >= 0.3 is 0 Å². The first kappa shape index (κ1) is 58.0. The van der Waals surface area contributed by atoms with Gasteiger partial charge in [0, 0.05) is 117 Å². The zero-order valence-electron chi connectivity index (χ0n) is 49.1. The molecule has 7 aliphatic rings. The summed E-state index contributed by atoms with van der Waals surface area (Å²) < 4.78 is 6.89. The van der Waals surface area contributed by atoms with Crippen LogP contribution in [-0.2, 0) is 44.1 Å². The van der Waals surface area contributed by atoms with Crippen LogP contribution in [0.4, 0.5) is 17.5 Å². The third kappa shape index (κ3) is 10.3. The van der Waals surface area contributed by atoms with E-state index in [2.05, 4.69) is 108 Å². The molecule has 9 aromatic rings. The molecule has 0 aliphatic carbocycles. The second-order valence-electron chi connectivity index (χ2n) is 24.5. The SMILES string of the molecule is Cl.O=CC1CCN(N2Cc3cc(Cl)ccc3-n3c(nnc3C3CCN(c4ccccn4)CC3)C2)C1(N1Cc2cc(Cl)ccc2-n2c(nnc2C2CCN(c3ccccn3)CC2)C1)N1Cc2cc(Cl)ccc2-n2c(nnc2C2CCN(c3ccccn3)CC2)C1. The minimum atomic E-state index is -1.21. The average molecular weight is 1270 g/mol. The summed E-state index contributed by atoms with van der Waals surface area (Å²) in [7, 11) is 0. The fourth-order valence-electron chi connectivity index (χ4n) is 15.5. The number of rotatable bonds is 10. The van der Waals surface area contributed by atoms with Gasteiger partial charge in [0.05, 0.1) is 42.6 Å². The van der Waals surface area contributed by atoms with Crippen molar-refractivity contribution in [3.05, 3.63) is 194 Å². The van der Waals surface area contributed by atoms with Gasteiger partial charge in [-0.05, 0) is 153 Å². The molecule has 0 N–H and O–H groups in total. The number of aldehydes is 1. The van der Waals surface area contributed by atoms with Crippen LogP contribution in [0.15, 0.2) is 128 Å². The maximum atomic E-state index is 14.8. The Bertz CT molecular complexity index is 3870. The zero-order chi connectivity index (χ0) is 59.0. The highest BCUT2D eigenvalue weighted by Crippen LogP contribution is 2.49. The van der Waals surface area contributed by atoms with Crippen molar-refractivity contribution in [3.63, 3.8) is 0 Å². The molecule has 6 aromatic heterocycles. The quantitative estimate of drug-likeness (QED) is 0.118. The molecule has 456 valence electrons. The number of anilines is 3. The van der Waals surface area contributed by atoms with Gasteiger partial charge in [0.15, 0.2) is 23.3 Å². The highest BCUT2D eigenvalue weighted by molar-refractivity contribution is 6.31. The van der Waals surface area contributed by atoms with Gasteiger partial charge in [-0.3, -0.25) is 23.5 Å². The van der Waals surface area contributed by atoms with Crippen molar-refractivity contribution in [2.24, 2.45) is 5.92 Å². The zero-order valence-corrected chi connectivity index (χ0v) is 52.2. The maximum Gasteiger partial charge on any atom is 0.155 e. The number of carbonyl (C=O) groups excluding carboxylic acids is 1. The molecule has 4 fully saturated rings. The molecule has 89 heavy (non-hydrogen) atoms. The van der Waals surface area contributed by atoms with Crippen LogP contribution in [0.2, 0.25) is 15.1 Å². The van der Waals surface area contributed by atoms with Crippen LogP contribution < -0.4 is 14.7 Å². The lowest BCUT2D eigenvalue weighted by atomic mass is 9.95. The van der Waals surface area contributed by atoms with E-state index in [-0.39, 0.29) is 30.2 Å². The van der Waals surface area contributed by atoms with Crippen LogP contribution in [0, 0.1) is 5.92 Å². The van der Waals surface area contributed by atoms with E-state index >= 15 is 0 Å². The lowest BCUT2D eigenvalue weighted by Gasteiger charge is -2.56. The van der Waals surface area contributed by atoms with Gasteiger partial charge in [-0.1, -0.05) is 53.0 Å². The van der Waals surface area contributed by atoms with Crippen molar-refractivity contribution in [1.29, 1.82) is 0 Å². The first-order valence-corrected chi connectivity index (χ1v) is 32.0. The van der Waals surface area contributed by atoms with Gasteiger partial charge in [-0.2, -0.15) is 0 Å². The smallest absolute Gasteiger partial charge is 0.155 e. The molecule has 16 rings (SSSR count). The van der Waals surface area contributed by atoms with Gasteiger partial charge < -0.3 is 19.5 Å². The summed E-state index contributed by atoms with van der Waals surface area (Å²) in [6.07, 6.45) is 12.6. The third-order valence-electron chi connectivity index (χ3n) is 19.6. The minimum absolute atomic E-state index is 0. The van der Waals surface area contributed by atoms with E-state index in [1.165, 1.54) is 6.29 Å². The summed E-state index contributed by atoms with van der Waals surface area (Å²) in [6.45, 7) is 7.94. The van der Waals surface area contributed by atoms with Crippen LogP contribution in [0.25, 0.3) is 17.1 Å². The third-order valence-corrected chi connectivity index (χ3v) is 20.3. The number of aromatic nitrogens is 12. The van der Waals surface area contributed by atoms with Crippen LogP contribution in [0.1, 0.15) is 114 Å². The Kier molecular flexibility index (Phi) is 15.7. The molecule has 1 unspecified atom stereocenters. The number of benzene rings is 3. The lowest BCUT2D eigenvalue weighted by molar-refractivity contribution is -0.259. The number of fused-ring (bicyclic) bond motifs is 9. The first-order chi connectivity index (χ1) is 43.2. The normalized spacial score (nSPS) is 20.3. The van der Waals surface area contributed by atoms with Crippen LogP contribution in [0.3, 0.4) is 0 Å². The predicted molar refractivity (Wildman–Crippen MR) is 343 cm³/mol. The standard InChI is InChI=1S/C65H66Cl3N19O.ClH/c66-50-10-13-53-46(33-50)36-81(39-59-72-75-62(85(53)59)43-16-26-78(27-17-43)56-7-1-4-23-69-56)65(82-37-47-34-51(67)11-14-54(47)86-60(40-82)73-76-63(86)44-18-28-79(29-19-44)57-8-2-5-24-70-57)49(42-88)22-32-84(65)83-38-48-35-52(68)12-15-55(48)87-61(41-83)74-77-64(87)45-20-30-80(31-21-45)58-9-3-6-25-71-58;/h1-15,23-25,33-35,42-45,49H,16-22,26-32,36-41H2;1H. The summed E-state index contributed by atoms with van der Waals surface area (Å²) in [5, 5.41) is 37.7. The Labute approximate surface area is 537 Å². The highest BCUT2D eigenvalue weighted by Gasteiger charge is 2.60. The summed E-state index contributed by atoms with van der Waals surface area (Å²) in [6, 6.07) is 36.8. The van der Waals surface area contributed by atoms with Gasteiger partial charge in [0.2, 0.25) is 0 Å². The van der Waals surface area contributed by atoms with E-state index < -0.39 is 11.7 Å². The summed E-state index contributed by atoms with van der Waals surface area (Å²) in [4.78, 5) is 40.9. The number of hydrazine groups is 1. The molecule has 0 amide bonds. The van der Waals surface area contributed by atoms with E-state index in [9.17, 15) is 4.79 Å². The van der Waals surface area contributed by atoms with E-state index in [1.54, 1.807) is 0 Å². The van der Waals surface area contributed by atoms with E-state index in [0.29, 0.717) is 67.3 Å². The second-order valence-corrected chi connectivity index (χ2v) is 25.8. The number of piperidine rings is 3. The molecule has 0 saturated carbocycles. The molecule has 4 saturated heterocycles. The van der Waals surface area contributed by atoms with Crippen molar-refractivity contribution in [3.8, 4) is 17.1 Å². The number of pyridine rings is 3. The van der Waals surface area contributed by atoms with Crippen LogP contribution in [0.5, 0.6) is 0 Å². The Hall–Kier alpha value is -7.40. The minimum Gasteiger partial charge on any atom is -0.357 e. The molecule has 1 atom stereocenters. The molecule has 20 nitrogen and oxygen atoms in total. The molecule has 24 heteroatoms. The van der Waals surface area contributed by atoms with Crippen molar-refractivity contribution in [2.45, 2.75) is 108 Å². The summed E-state index contributed by atoms with van der Waals surface area (Å²) >= 11 is 21.4. The Balaban J connectivity index is 0.00000663. The molecular weight excluding hydrogens is 1200 g/mol. The topological polar surface area (TPSA) is 171 Å². The molecular formula is C65H67Cl4N19O. The van der Waals surface area contributed by atoms with Crippen molar-refractivity contribution in [1.82, 2.24) is 79.1 Å². The van der Waals surface area contributed by atoms with Crippen molar-refractivity contribution >= 4 is 70.9 Å². The van der Waals surface area contributed by atoms with E-state index in [4.69, 9.17) is 75.4 Å². The average Bonchev–Trinajstić information content (AvgIpc) is 1.61. The highest BCUT2D eigenvalue weighted by atomic mass is 35.5. The van der Waals surface area contributed by atoms with E-state index in [0.717, 1.165) is 164 Å². The monoisotopic (exact) mass is 1270 g/mol. The largest absolute Gasteiger partial charge is 0.357 e. The van der Waals surface area contributed by atoms with Gasteiger partial charge in [0.25, 0.3) is 0 Å². The van der Waals surface area contributed by atoms with Crippen molar-refractivity contribution < 1.29 is 4.79 Å². The first-order valence-electron chi connectivity index (χ1n) is 30.9. The van der Waals surface area contributed by atoms with E-state index in [1.807, 2.05) is 73.2 Å². The molecule has 0 spiro atoms. The summed E-state index contributed by atoms with van der Waals surface area (Å²) in [5.74, 6) is 6.75. The predicted octanol–water partition coefficient (Wildman–Crippen LogP) is 10.6. The Morgan fingerprint density at radius 3 is 1.15 bits per heavy atom. The fourth-order valence-corrected chi connectivity index (χ4v) is 16.1. The van der Waals surface area contributed by atoms with Gasteiger partial charge in [0.1, 0.15) is 41.2 Å². The maximum absolute atomic E-state index is 14.8. The number of hydrogen-bond acceptors (Lipinski definition) is 17. The number of nitrogens with zero attached hydrogens (tertiary/aromatic N) is 19. The Morgan fingerprint density at radius 2 is 0.787 bits per heavy atom. The number of hydrogen-bond donors (Lipinski definition) is 0. The van der Waals surface area contributed by atoms with Crippen molar-refractivity contribution in [2.75, 3.05) is 60.5 Å². The molecule has 13 heterocycles. The summed E-state index contributed by atoms with van der Waals surface area (Å²) in [5.41, 5.74) is 5.99. The Morgan fingerprint density at radius 1 is 0.416 bits per heavy atom. The number of carbonyl (C=O) groups is 1. The van der Waals surface area contributed by atoms with Crippen LogP contribution in [-0.4, -0.2) is 137 Å². The molecule has 0 radical (unpaired) electrons. The molecule has 7 aliphatic heterocycles. The van der Waals surface area contributed by atoms with Gasteiger partial charge in [-0.25, -0.2) is 25.0 Å². The fraction of sp³-hybridized carbons (Fsp3) is 0.385. The molecule has 3 aromatic carbocycles. The van der Waals surface area contributed by atoms with Crippen LogP contribution >= 0.6 is 47.2 Å². The number of halogens is 4. The van der Waals surface area contributed by atoms with Gasteiger partial charge in [-0.15, -0.1) is 43.0 Å². The second kappa shape index (κ2) is 24.1. The lowest BCUT2D eigenvalue weighted by Crippen LogP contribution is -2.72. The molecule has 0 bridgehead atoms.